The summed E-state index contributed by atoms with van der Waals surface area (Å²) in [6, 6.07) is 18.1. The van der Waals surface area contributed by atoms with Crippen molar-refractivity contribution in [2.75, 3.05) is 7.05 Å². The van der Waals surface area contributed by atoms with Crippen LogP contribution in [0.2, 0.25) is 0 Å². The summed E-state index contributed by atoms with van der Waals surface area (Å²) in [6.45, 7) is 2.51. The number of carbonyl (C=O) groups is 1. The Kier molecular flexibility index (Phi) is 4.98. The average Bonchev–Trinajstić information content (AvgIpc) is 2.97. The third-order valence-corrected chi connectivity index (χ3v) is 5.61. The van der Waals surface area contributed by atoms with Crippen LogP contribution in [0.4, 0.5) is 0 Å². The molecule has 23 heavy (non-hydrogen) atoms. The van der Waals surface area contributed by atoms with Crippen LogP contribution in [-0.2, 0) is 11.3 Å². The molecular weight excluding hydrogens is 324 g/mol. The molecule has 0 saturated heterocycles. The second-order valence-electron chi connectivity index (χ2n) is 5.34. The average molecular weight is 342 g/mol. The van der Waals surface area contributed by atoms with Crippen molar-refractivity contribution in [2.45, 2.75) is 23.6 Å². The van der Waals surface area contributed by atoms with Crippen LogP contribution in [0, 0.1) is 0 Å². The fourth-order valence-corrected chi connectivity index (χ4v) is 4.36. The van der Waals surface area contributed by atoms with Crippen LogP contribution in [0.1, 0.15) is 11.9 Å². The van der Waals surface area contributed by atoms with E-state index in [9.17, 15) is 4.79 Å². The molecule has 0 spiro atoms. The lowest BCUT2D eigenvalue weighted by molar-refractivity contribution is -0.129. The molecule has 0 aliphatic rings. The highest BCUT2D eigenvalue weighted by atomic mass is 32.2. The van der Waals surface area contributed by atoms with Gasteiger partial charge in [0, 0.05) is 11.9 Å². The lowest BCUT2D eigenvalue weighted by atomic mass is 10.3. The number of thiazole rings is 1. The van der Waals surface area contributed by atoms with Crippen molar-refractivity contribution in [2.24, 2.45) is 0 Å². The summed E-state index contributed by atoms with van der Waals surface area (Å²) < 4.78 is 1.16. The Bertz CT molecular complexity index is 768. The van der Waals surface area contributed by atoms with Gasteiger partial charge in [-0.25, -0.2) is 4.98 Å². The van der Waals surface area contributed by atoms with Gasteiger partial charge < -0.3 is 4.90 Å². The Hall–Kier alpha value is -1.85. The molecule has 1 amide bonds. The van der Waals surface area contributed by atoms with Gasteiger partial charge in [-0.15, -0.1) is 23.1 Å². The van der Waals surface area contributed by atoms with Crippen molar-refractivity contribution in [3.63, 3.8) is 0 Å². The Balaban J connectivity index is 1.64. The number of aromatic nitrogens is 1. The van der Waals surface area contributed by atoms with Crippen LogP contribution in [0.25, 0.3) is 10.2 Å². The van der Waals surface area contributed by atoms with E-state index in [0.29, 0.717) is 6.54 Å². The zero-order chi connectivity index (χ0) is 16.2. The maximum atomic E-state index is 12.5. The first-order chi connectivity index (χ1) is 11.1. The second kappa shape index (κ2) is 7.15. The molecule has 5 heteroatoms. The van der Waals surface area contributed by atoms with Crippen molar-refractivity contribution in [1.82, 2.24) is 9.88 Å². The van der Waals surface area contributed by atoms with Gasteiger partial charge >= 0.3 is 0 Å². The number of carbonyl (C=O) groups excluding carboxylic acids is 1. The normalized spacial score (nSPS) is 12.3. The summed E-state index contributed by atoms with van der Waals surface area (Å²) in [5.41, 5.74) is 1.00. The molecule has 118 valence electrons. The van der Waals surface area contributed by atoms with Crippen molar-refractivity contribution < 1.29 is 4.79 Å². The second-order valence-corrected chi connectivity index (χ2v) is 7.87. The molecule has 3 aromatic rings. The number of hydrogen-bond acceptors (Lipinski definition) is 4. The van der Waals surface area contributed by atoms with E-state index >= 15 is 0 Å². The maximum Gasteiger partial charge on any atom is 0.235 e. The summed E-state index contributed by atoms with van der Waals surface area (Å²) in [6.07, 6.45) is 0. The van der Waals surface area contributed by atoms with Crippen LogP contribution in [0.15, 0.2) is 59.5 Å². The smallest absolute Gasteiger partial charge is 0.235 e. The van der Waals surface area contributed by atoms with Gasteiger partial charge in [0.15, 0.2) is 0 Å². The summed E-state index contributed by atoms with van der Waals surface area (Å²) >= 11 is 3.23. The number of benzene rings is 2. The first kappa shape index (κ1) is 16.0. The standard InChI is InChI=1S/C18H18N2OS2/c1-13(22-14-8-4-3-5-9-14)18(21)20(2)12-17-19-15-10-6-7-11-16(15)23-17/h3-11,13H,12H2,1-2H3/t13-/m1/s1. The Labute approximate surface area is 144 Å². The zero-order valence-electron chi connectivity index (χ0n) is 13.1. The van der Waals surface area contributed by atoms with Crippen molar-refractivity contribution in [3.05, 3.63) is 59.6 Å². The Morgan fingerprint density at radius 3 is 2.61 bits per heavy atom. The van der Waals surface area contributed by atoms with E-state index in [4.69, 9.17) is 0 Å². The number of nitrogens with zero attached hydrogens (tertiary/aromatic N) is 2. The van der Waals surface area contributed by atoms with Gasteiger partial charge in [-0.05, 0) is 31.2 Å². The molecule has 0 fully saturated rings. The topological polar surface area (TPSA) is 33.2 Å². The van der Waals surface area contributed by atoms with Crippen LogP contribution in [0.3, 0.4) is 0 Å². The number of thioether (sulfide) groups is 1. The predicted octanol–water partition coefficient (Wildman–Crippen LogP) is 4.44. The minimum atomic E-state index is -0.114. The van der Waals surface area contributed by atoms with Gasteiger partial charge in [-0.3, -0.25) is 4.79 Å². The molecule has 2 aromatic carbocycles. The van der Waals surface area contributed by atoms with Gasteiger partial charge in [-0.1, -0.05) is 30.3 Å². The molecule has 0 radical (unpaired) electrons. The highest BCUT2D eigenvalue weighted by molar-refractivity contribution is 8.00. The molecule has 0 saturated carbocycles. The van der Waals surface area contributed by atoms with Crippen LogP contribution >= 0.6 is 23.1 Å². The fourth-order valence-electron chi connectivity index (χ4n) is 2.33. The van der Waals surface area contributed by atoms with E-state index in [1.807, 2.05) is 62.5 Å². The Morgan fingerprint density at radius 2 is 1.87 bits per heavy atom. The summed E-state index contributed by atoms with van der Waals surface area (Å²) in [4.78, 5) is 20.0. The van der Waals surface area contributed by atoms with Gasteiger partial charge in [0.05, 0.1) is 22.0 Å². The third kappa shape index (κ3) is 3.92. The quantitative estimate of drug-likeness (QED) is 0.643. The first-order valence-electron chi connectivity index (χ1n) is 7.44. The number of amides is 1. The van der Waals surface area contributed by atoms with Gasteiger partial charge in [-0.2, -0.15) is 0 Å². The molecule has 0 N–H and O–H groups in total. The van der Waals surface area contributed by atoms with Crippen molar-refractivity contribution in [1.29, 1.82) is 0 Å². The third-order valence-electron chi connectivity index (χ3n) is 3.49. The summed E-state index contributed by atoms with van der Waals surface area (Å²) in [5, 5.41) is 0.857. The highest BCUT2D eigenvalue weighted by Crippen LogP contribution is 2.26. The molecule has 0 aliphatic heterocycles. The molecule has 0 bridgehead atoms. The minimum Gasteiger partial charge on any atom is -0.338 e. The predicted molar refractivity (Wildman–Crippen MR) is 97.9 cm³/mol. The van der Waals surface area contributed by atoms with E-state index < -0.39 is 0 Å². The first-order valence-corrected chi connectivity index (χ1v) is 9.14. The molecule has 1 aromatic heterocycles. The molecule has 1 atom stereocenters. The lowest BCUT2D eigenvalue weighted by Gasteiger charge is -2.20. The number of para-hydroxylation sites is 1. The van der Waals surface area contributed by atoms with Crippen molar-refractivity contribution >= 4 is 39.2 Å². The number of hydrogen-bond donors (Lipinski definition) is 0. The van der Waals surface area contributed by atoms with E-state index in [1.54, 1.807) is 28.0 Å². The number of rotatable bonds is 5. The molecule has 3 rings (SSSR count). The van der Waals surface area contributed by atoms with E-state index in [1.165, 1.54) is 0 Å². The van der Waals surface area contributed by atoms with E-state index in [0.717, 1.165) is 20.1 Å². The Morgan fingerprint density at radius 1 is 1.17 bits per heavy atom. The SMILES string of the molecule is C[C@@H](Sc1ccccc1)C(=O)N(C)Cc1nc2ccccc2s1. The molecular formula is C18H18N2OS2. The van der Waals surface area contributed by atoms with Gasteiger partial charge in [0.25, 0.3) is 0 Å². The zero-order valence-corrected chi connectivity index (χ0v) is 14.7. The molecule has 3 nitrogen and oxygen atoms in total. The molecule has 1 heterocycles. The summed E-state index contributed by atoms with van der Waals surface area (Å²) in [7, 11) is 1.84. The van der Waals surface area contributed by atoms with Gasteiger partial charge in [0.1, 0.15) is 5.01 Å². The van der Waals surface area contributed by atoms with Crippen LogP contribution in [0.5, 0.6) is 0 Å². The van der Waals surface area contributed by atoms with Gasteiger partial charge in [0.2, 0.25) is 5.91 Å². The monoisotopic (exact) mass is 342 g/mol. The van der Waals surface area contributed by atoms with E-state index in [-0.39, 0.29) is 11.2 Å². The van der Waals surface area contributed by atoms with Crippen molar-refractivity contribution in [3.8, 4) is 0 Å². The fraction of sp³-hybridized carbons (Fsp3) is 0.222. The minimum absolute atomic E-state index is 0.114. The number of fused-ring (bicyclic) bond motifs is 1. The van der Waals surface area contributed by atoms with Crippen LogP contribution < -0.4 is 0 Å². The summed E-state index contributed by atoms with van der Waals surface area (Å²) in [5.74, 6) is 0.123. The molecule has 0 aliphatic carbocycles. The molecule has 0 unspecified atom stereocenters. The van der Waals surface area contributed by atoms with Crippen LogP contribution in [-0.4, -0.2) is 28.1 Å². The highest BCUT2D eigenvalue weighted by Gasteiger charge is 2.19. The van der Waals surface area contributed by atoms with E-state index in [2.05, 4.69) is 11.1 Å². The largest absolute Gasteiger partial charge is 0.338 e. The maximum absolute atomic E-state index is 12.5. The lowest BCUT2D eigenvalue weighted by Crippen LogP contribution is -2.32.